The third kappa shape index (κ3) is 5.22. The van der Waals surface area contributed by atoms with E-state index in [1.807, 2.05) is 66.7 Å². The molecule has 0 fully saturated rings. The molecule has 0 bridgehead atoms. The van der Waals surface area contributed by atoms with Crippen LogP contribution in [-0.2, 0) is 0 Å². The summed E-state index contributed by atoms with van der Waals surface area (Å²) >= 11 is 16.5. The van der Waals surface area contributed by atoms with Crippen LogP contribution in [0.4, 0.5) is 5.69 Å². The average molecular weight is 529 g/mol. The zero-order valence-corrected chi connectivity index (χ0v) is 19.9. The van der Waals surface area contributed by atoms with Gasteiger partial charge < -0.3 is 5.73 Å². The van der Waals surface area contributed by atoms with Gasteiger partial charge in [-0.25, -0.2) is 9.98 Å². The second-order valence-corrected chi connectivity index (χ2v) is 8.97. The zero-order chi connectivity index (χ0) is 21.8. The van der Waals surface area contributed by atoms with Crippen molar-refractivity contribution in [1.82, 2.24) is 14.5 Å². The second kappa shape index (κ2) is 9.74. The van der Waals surface area contributed by atoms with Gasteiger partial charge in [-0.15, -0.1) is 0 Å². The Kier molecular flexibility index (Phi) is 6.82. The van der Waals surface area contributed by atoms with Crippen molar-refractivity contribution in [2.45, 2.75) is 5.16 Å². The predicted molar refractivity (Wildman–Crippen MR) is 134 cm³/mol. The summed E-state index contributed by atoms with van der Waals surface area (Å²) < 4.78 is 3.09. The molecule has 4 rings (SSSR count). The molecule has 0 aliphatic carbocycles. The van der Waals surface area contributed by atoms with Crippen LogP contribution < -0.4 is 5.73 Å². The van der Waals surface area contributed by atoms with Crippen LogP contribution in [-0.4, -0.2) is 19.7 Å². The highest BCUT2D eigenvalue weighted by Gasteiger charge is 2.14. The highest BCUT2D eigenvalue weighted by Crippen LogP contribution is 2.28. The number of hydrogen-bond donors (Lipinski definition) is 1. The van der Waals surface area contributed by atoms with E-state index in [4.69, 9.17) is 34.5 Å². The van der Waals surface area contributed by atoms with Crippen LogP contribution in [0.3, 0.4) is 0 Å². The van der Waals surface area contributed by atoms with Crippen molar-refractivity contribution in [2.75, 3.05) is 0 Å². The van der Waals surface area contributed by atoms with Crippen molar-refractivity contribution >= 4 is 62.4 Å². The van der Waals surface area contributed by atoms with Crippen LogP contribution in [0, 0.1) is 4.77 Å². The van der Waals surface area contributed by atoms with Gasteiger partial charge >= 0.3 is 0 Å². The number of para-hydroxylation sites is 1. The van der Waals surface area contributed by atoms with E-state index in [1.54, 1.807) is 16.7 Å². The number of rotatable bonds is 4. The number of aromatic nitrogens is 3. The molecule has 2 N–H and O–H groups in total. The zero-order valence-electron chi connectivity index (χ0n) is 15.9. The number of halogens is 2. The first-order chi connectivity index (χ1) is 15.0. The summed E-state index contributed by atoms with van der Waals surface area (Å²) in [7, 11) is 0. The Morgan fingerprint density at radius 2 is 1.65 bits per heavy atom. The van der Waals surface area contributed by atoms with E-state index < -0.39 is 0 Å². The number of aliphatic imine (C=N–C) groups is 1. The third-order valence-electron chi connectivity index (χ3n) is 4.18. The van der Waals surface area contributed by atoms with Crippen molar-refractivity contribution in [2.24, 2.45) is 10.7 Å². The average Bonchev–Trinajstić information content (AvgIpc) is 2.77. The minimum Gasteiger partial charge on any atom is -0.378 e. The van der Waals surface area contributed by atoms with E-state index in [0.717, 1.165) is 15.7 Å². The number of amidine groups is 1. The lowest BCUT2D eigenvalue weighted by Gasteiger charge is -2.14. The fourth-order valence-electron chi connectivity index (χ4n) is 2.76. The lowest BCUT2D eigenvalue weighted by molar-refractivity contribution is 0.777. The van der Waals surface area contributed by atoms with Crippen molar-refractivity contribution in [3.8, 4) is 17.1 Å². The van der Waals surface area contributed by atoms with Gasteiger partial charge in [-0.3, -0.25) is 4.57 Å². The van der Waals surface area contributed by atoms with Gasteiger partial charge in [0.15, 0.2) is 16.1 Å². The van der Waals surface area contributed by atoms with Gasteiger partial charge in [0.25, 0.3) is 0 Å². The van der Waals surface area contributed by atoms with Gasteiger partial charge in [0.2, 0.25) is 4.77 Å². The molecule has 0 atom stereocenters. The molecule has 0 saturated heterocycles. The molecule has 154 valence electrons. The van der Waals surface area contributed by atoms with Crippen molar-refractivity contribution in [3.05, 3.63) is 93.1 Å². The van der Waals surface area contributed by atoms with E-state index >= 15 is 0 Å². The summed E-state index contributed by atoms with van der Waals surface area (Å²) in [5.41, 5.74) is 8.52. The maximum Gasteiger partial charge on any atom is 0.208 e. The SMILES string of the molecule is NC(=Nc1ccccc1Cl)Sc1nc(-c2ccccc2)nc(=S)n1-c1ccc(Br)cc1. The molecule has 3 aromatic carbocycles. The fraction of sp³-hybridized carbons (Fsp3) is 0. The predicted octanol–water partition coefficient (Wildman–Crippen LogP) is 6.82. The minimum absolute atomic E-state index is 0.283. The molecular formula is C22H15BrClN5S2. The minimum atomic E-state index is 0.283. The standard InChI is InChI=1S/C22H15BrClN5S2/c23-15-10-12-16(13-11-15)29-21(30)27-19(14-6-2-1-3-7-14)28-22(29)31-20(25)26-18-9-5-4-8-17(18)24/h1-13H,(H2,25,26). The molecule has 0 aliphatic rings. The van der Waals surface area contributed by atoms with E-state index in [1.165, 1.54) is 11.8 Å². The van der Waals surface area contributed by atoms with E-state index in [0.29, 0.717) is 26.5 Å². The van der Waals surface area contributed by atoms with E-state index in [2.05, 4.69) is 25.9 Å². The Bertz CT molecular complexity index is 1310. The summed E-state index contributed by atoms with van der Waals surface area (Å²) in [5, 5.41) is 1.35. The molecule has 1 aromatic heterocycles. The first-order valence-corrected chi connectivity index (χ1v) is 11.5. The molecule has 4 aromatic rings. The van der Waals surface area contributed by atoms with Crippen molar-refractivity contribution < 1.29 is 0 Å². The number of benzene rings is 3. The highest BCUT2D eigenvalue weighted by atomic mass is 79.9. The first kappa shape index (κ1) is 21.7. The van der Waals surface area contributed by atoms with Gasteiger partial charge in [0.1, 0.15) is 0 Å². The van der Waals surface area contributed by atoms with Crippen LogP contribution in [0.15, 0.2) is 93.5 Å². The Labute approximate surface area is 202 Å². The van der Waals surface area contributed by atoms with Crippen molar-refractivity contribution in [1.29, 1.82) is 0 Å². The summed E-state index contributed by atoms with van der Waals surface area (Å²) in [6.45, 7) is 0. The van der Waals surface area contributed by atoms with Gasteiger partial charge in [0.05, 0.1) is 16.4 Å². The first-order valence-electron chi connectivity index (χ1n) is 9.10. The molecule has 1 heterocycles. The third-order valence-corrected chi connectivity index (χ3v) is 6.06. The Morgan fingerprint density at radius 1 is 0.968 bits per heavy atom. The molecule has 0 saturated carbocycles. The maximum absolute atomic E-state index is 6.26. The van der Waals surface area contributed by atoms with Crippen LogP contribution in [0.1, 0.15) is 0 Å². The summed E-state index contributed by atoms with van der Waals surface area (Å²) in [4.78, 5) is 13.7. The van der Waals surface area contributed by atoms with Crippen LogP contribution in [0.25, 0.3) is 17.1 Å². The summed E-state index contributed by atoms with van der Waals surface area (Å²) in [5.74, 6) is 0.520. The quantitative estimate of drug-likeness (QED) is 0.136. The van der Waals surface area contributed by atoms with Crippen LogP contribution in [0.2, 0.25) is 5.02 Å². The number of nitrogens with zero attached hydrogens (tertiary/aromatic N) is 4. The Hall–Kier alpha value is -2.52. The van der Waals surface area contributed by atoms with Crippen LogP contribution in [0.5, 0.6) is 0 Å². The monoisotopic (exact) mass is 527 g/mol. The fourth-order valence-corrected chi connectivity index (χ4v) is 4.29. The van der Waals surface area contributed by atoms with Crippen LogP contribution >= 0.6 is 51.5 Å². The van der Waals surface area contributed by atoms with Gasteiger partial charge in [-0.05, 0) is 60.4 Å². The highest BCUT2D eigenvalue weighted by molar-refractivity contribution is 9.10. The molecule has 0 spiro atoms. The van der Waals surface area contributed by atoms with Gasteiger partial charge in [-0.1, -0.05) is 70.0 Å². The molecule has 0 unspecified atom stereocenters. The molecule has 9 heteroatoms. The van der Waals surface area contributed by atoms with E-state index in [9.17, 15) is 0 Å². The molecule has 0 amide bonds. The molecular weight excluding hydrogens is 514 g/mol. The normalized spacial score (nSPS) is 11.5. The van der Waals surface area contributed by atoms with Crippen molar-refractivity contribution in [3.63, 3.8) is 0 Å². The lowest BCUT2D eigenvalue weighted by atomic mass is 10.2. The number of nitrogens with two attached hydrogens (primary N) is 1. The number of thioether (sulfide) groups is 1. The van der Waals surface area contributed by atoms with Gasteiger partial charge in [0, 0.05) is 10.0 Å². The largest absolute Gasteiger partial charge is 0.378 e. The summed E-state index contributed by atoms with van der Waals surface area (Å²) in [6, 6.07) is 24.6. The van der Waals surface area contributed by atoms with E-state index in [-0.39, 0.29) is 5.17 Å². The van der Waals surface area contributed by atoms with Gasteiger partial charge in [-0.2, -0.15) is 4.98 Å². The Morgan fingerprint density at radius 3 is 2.35 bits per heavy atom. The molecule has 5 nitrogen and oxygen atoms in total. The smallest absolute Gasteiger partial charge is 0.208 e. The Balaban J connectivity index is 1.83. The summed E-state index contributed by atoms with van der Waals surface area (Å²) in [6.07, 6.45) is 0. The molecule has 31 heavy (non-hydrogen) atoms. The molecule has 0 radical (unpaired) electrons. The topological polar surface area (TPSA) is 69.1 Å². The second-order valence-electron chi connectivity index (χ2n) is 6.29. The number of hydrogen-bond acceptors (Lipinski definition) is 5. The molecule has 0 aliphatic heterocycles. The maximum atomic E-state index is 6.26. The lowest BCUT2D eigenvalue weighted by Crippen LogP contribution is -2.12.